The van der Waals surface area contributed by atoms with Crippen LogP contribution in [0.1, 0.15) is 56.6 Å². The zero-order valence-corrected chi connectivity index (χ0v) is 20.0. The van der Waals surface area contributed by atoms with Crippen LogP contribution in [0.5, 0.6) is 0 Å². The van der Waals surface area contributed by atoms with E-state index in [4.69, 9.17) is 9.84 Å². The molecule has 3 rings (SSSR count). The molecule has 0 heterocycles. The maximum atomic E-state index is 12.3. The lowest BCUT2D eigenvalue weighted by Crippen LogP contribution is -2.33. The van der Waals surface area contributed by atoms with Crippen molar-refractivity contribution in [2.75, 3.05) is 26.2 Å². The number of carbonyl (C=O) groups excluding carboxylic acids is 2. The van der Waals surface area contributed by atoms with Crippen molar-refractivity contribution in [1.29, 1.82) is 0 Å². The molecular weight excluding hydrogens is 432 g/mol. The number of aliphatic carboxylic acids is 1. The molecule has 0 aromatic heterocycles. The fourth-order valence-corrected chi connectivity index (χ4v) is 4.43. The molecule has 0 saturated heterocycles. The van der Waals surface area contributed by atoms with Gasteiger partial charge >= 0.3 is 12.1 Å². The van der Waals surface area contributed by atoms with Gasteiger partial charge in [0.05, 0.1) is 6.42 Å². The monoisotopic (exact) mass is 466 g/mol. The number of alkyl carbamates (subject to hydrolysis) is 1. The summed E-state index contributed by atoms with van der Waals surface area (Å²) < 4.78 is 5.55. The summed E-state index contributed by atoms with van der Waals surface area (Å²) >= 11 is 0. The maximum absolute atomic E-state index is 12.3. The zero-order valence-electron chi connectivity index (χ0n) is 20.0. The van der Waals surface area contributed by atoms with Gasteiger partial charge in [-0.25, -0.2) is 4.79 Å². The predicted molar refractivity (Wildman–Crippen MR) is 131 cm³/mol. The fraction of sp³-hybridized carbons (Fsp3) is 0.444. The Morgan fingerprint density at radius 3 is 2.21 bits per heavy atom. The second kappa shape index (κ2) is 12.2. The molecule has 1 unspecified atom stereocenters. The third kappa shape index (κ3) is 6.59. The van der Waals surface area contributed by atoms with Crippen LogP contribution < -0.4 is 5.32 Å². The zero-order chi connectivity index (χ0) is 24.5. The maximum Gasteiger partial charge on any atom is 0.407 e. The summed E-state index contributed by atoms with van der Waals surface area (Å²) in [5.74, 6) is -0.652. The van der Waals surface area contributed by atoms with Crippen molar-refractivity contribution in [1.82, 2.24) is 10.2 Å². The van der Waals surface area contributed by atoms with E-state index in [2.05, 4.69) is 29.6 Å². The van der Waals surface area contributed by atoms with Gasteiger partial charge < -0.3 is 20.1 Å². The van der Waals surface area contributed by atoms with Crippen molar-refractivity contribution in [2.24, 2.45) is 5.92 Å². The largest absolute Gasteiger partial charge is 0.481 e. The summed E-state index contributed by atoms with van der Waals surface area (Å²) in [6.07, 6.45) is 1.32. The van der Waals surface area contributed by atoms with Gasteiger partial charge in [0.15, 0.2) is 0 Å². The molecular formula is C27H34N2O5. The van der Waals surface area contributed by atoms with Gasteiger partial charge in [-0.1, -0.05) is 55.5 Å². The van der Waals surface area contributed by atoms with Gasteiger partial charge in [-0.05, 0) is 47.9 Å². The van der Waals surface area contributed by atoms with Gasteiger partial charge in [0.25, 0.3) is 0 Å². The first kappa shape index (κ1) is 25.3. The third-order valence-electron chi connectivity index (χ3n) is 6.43. The highest BCUT2D eigenvalue weighted by Gasteiger charge is 2.29. The highest BCUT2D eigenvalue weighted by Crippen LogP contribution is 2.44. The predicted octanol–water partition coefficient (Wildman–Crippen LogP) is 4.65. The molecule has 34 heavy (non-hydrogen) atoms. The minimum absolute atomic E-state index is 0.0277. The molecule has 0 saturated carbocycles. The Hall–Kier alpha value is -3.35. The standard InChI is InChI=1S/C27H34N2O5/c1-3-29(17-15-26(31)32)25(30)13-12-19(2)14-16-28-27(33)34-18-24-22-10-6-4-8-20(22)21-9-5-7-11-23(21)24/h4-11,19,24H,3,12-18H2,1-2H3,(H,28,33)(H,31,32). The number of fused-ring (bicyclic) bond motifs is 3. The molecule has 182 valence electrons. The first-order chi connectivity index (χ1) is 16.4. The SMILES string of the molecule is CCN(CCC(=O)O)C(=O)CCC(C)CCNC(=O)OCC1c2ccccc2-c2ccccc21. The lowest BCUT2D eigenvalue weighted by molar-refractivity contribution is -0.138. The van der Waals surface area contributed by atoms with E-state index in [0.29, 0.717) is 25.9 Å². The molecule has 2 aromatic carbocycles. The summed E-state index contributed by atoms with van der Waals surface area (Å²) in [4.78, 5) is 36.9. The van der Waals surface area contributed by atoms with Crippen molar-refractivity contribution in [2.45, 2.75) is 45.4 Å². The van der Waals surface area contributed by atoms with Crippen LogP contribution in [0.15, 0.2) is 48.5 Å². The molecule has 0 bridgehead atoms. The molecule has 7 nitrogen and oxygen atoms in total. The summed E-state index contributed by atoms with van der Waals surface area (Å²) in [5, 5.41) is 11.6. The number of nitrogens with zero attached hydrogens (tertiary/aromatic N) is 1. The molecule has 0 radical (unpaired) electrons. The molecule has 1 aliphatic rings. The lowest BCUT2D eigenvalue weighted by Gasteiger charge is -2.21. The number of ether oxygens (including phenoxy) is 1. The smallest absolute Gasteiger partial charge is 0.407 e. The van der Waals surface area contributed by atoms with E-state index in [0.717, 1.165) is 6.42 Å². The Labute approximate surface area is 201 Å². The van der Waals surface area contributed by atoms with Crippen molar-refractivity contribution in [3.05, 3.63) is 59.7 Å². The van der Waals surface area contributed by atoms with Crippen LogP contribution in [-0.4, -0.2) is 54.2 Å². The molecule has 1 atom stereocenters. The number of carboxylic acid groups (broad SMARTS) is 1. The van der Waals surface area contributed by atoms with Gasteiger partial charge in [0.1, 0.15) is 6.61 Å². The van der Waals surface area contributed by atoms with Crippen molar-refractivity contribution in [3.63, 3.8) is 0 Å². The normalized spacial score (nSPS) is 13.0. The Kier molecular flexibility index (Phi) is 9.08. The first-order valence-electron chi connectivity index (χ1n) is 12.0. The fourth-order valence-electron chi connectivity index (χ4n) is 4.43. The average Bonchev–Trinajstić information content (AvgIpc) is 3.15. The topological polar surface area (TPSA) is 95.9 Å². The van der Waals surface area contributed by atoms with Gasteiger partial charge in [0, 0.05) is 32.0 Å². The number of benzene rings is 2. The second-order valence-electron chi connectivity index (χ2n) is 8.80. The van der Waals surface area contributed by atoms with E-state index < -0.39 is 12.1 Å². The minimum atomic E-state index is -0.904. The van der Waals surface area contributed by atoms with Crippen LogP contribution in [0.4, 0.5) is 4.79 Å². The summed E-state index contributed by atoms with van der Waals surface area (Å²) in [6.45, 7) is 5.39. The second-order valence-corrected chi connectivity index (χ2v) is 8.80. The molecule has 2 amide bonds. The molecule has 0 fully saturated rings. The molecule has 7 heteroatoms. The van der Waals surface area contributed by atoms with E-state index in [1.54, 1.807) is 4.90 Å². The Morgan fingerprint density at radius 2 is 1.62 bits per heavy atom. The van der Waals surface area contributed by atoms with E-state index in [9.17, 15) is 14.4 Å². The summed E-state index contributed by atoms with van der Waals surface area (Å²) in [5.41, 5.74) is 4.75. The quantitative estimate of drug-likeness (QED) is 0.475. The molecule has 1 aliphatic carbocycles. The Balaban J connectivity index is 1.38. The minimum Gasteiger partial charge on any atom is -0.481 e. The van der Waals surface area contributed by atoms with Gasteiger partial charge in [-0.15, -0.1) is 0 Å². The van der Waals surface area contributed by atoms with Gasteiger partial charge in [0.2, 0.25) is 5.91 Å². The number of hydrogen-bond acceptors (Lipinski definition) is 4. The number of carboxylic acids is 1. The Morgan fingerprint density at radius 1 is 1.00 bits per heavy atom. The van der Waals surface area contributed by atoms with Crippen molar-refractivity contribution >= 4 is 18.0 Å². The van der Waals surface area contributed by atoms with Crippen molar-refractivity contribution < 1.29 is 24.2 Å². The van der Waals surface area contributed by atoms with Crippen LogP contribution in [0, 0.1) is 5.92 Å². The molecule has 2 N–H and O–H groups in total. The summed E-state index contributed by atoms with van der Waals surface area (Å²) in [7, 11) is 0. The Bertz CT molecular complexity index is 961. The first-order valence-corrected chi connectivity index (χ1v) is 12.0. The van der Waals surface area contributed by atoms with Crippen LogP contribution in [0.25, 0.3) is 11.1 Å². The molecule has 0 spiro atoms. The third-order valence-corrected chi connectivity index (χ3v) is 6.43. The highest BCUT2D eigenvalue weighted by molar-refractivity contribution is 5.79. The highest BCUT2D eigenvalue weighted by atomic mass is 16.5. The molecule has 0 aliphatic heterocycles. The van der Waals surface area contributed by atoms with Crippen LogP contribution >= 0.6 is 0 Å². The van der Waals surface area contributed by atoms with Crippen LogP contribution in [0.3, 0.4) is 0 Å². The van der Waals surface area contributed by atoms with Crippen molar-refractivity contribution in [3.8, 4) is 11.1 Å². The lowest BCUT2D eigenvalue weighted by atomic mass is 9.98. The average molecular weight is 467 g/mol. The number of nitrogens with one attached hydrogen (secondary N) is 1. The van der Waals surface area contributed by atoms with E-state index in [1.165, 1.54) is 22.3 Å². The summed E-state index contributed by atoms with van der Waals surface area (Å²) in [6, 6.07) is 16.5. The van der Waals surface area contributed by atoms with Crippen LogP contribution in [-0.2, 0) is 14.3 Å². The number of hydrogen-bond donors (Lipinski definition) is 2. The van der Waals surface area contributed by atoms with E-state index in [-0.39, 0.29) is 37.3 Å². The number of rotatable bonds is 12. The van der Waals surface area contributed by atoms with E-state index >= 15 is 0 Å². The van der Waals surface area contributed by atoms with Gasteiger partial charge in [-0.3, -0.25) is 9.59 Å². The number of carbonyl (C=O) groups is 3. The van der Waals surface area contributed by atoms with E-state index in [1.807, 2.05) is 38.1 Å². The van der Waals surface area contributed by atoms with Gasteiger partial charge in [-0.2, -0.15) is 0 Å². The molecule has 2 aromatic rings. The van der Waals surface area contributed by atoms with Crippen LogP contribution in [0.2, 0.25) is 0 Å². The number of amides is 2.